The highest BCUT2D eigenvalue weighted by atomic mass is 16.2. The molecule has 0 aromatic heterocycles. The maximum atomic E-state index is 12.7. The highest BCUT2D eigenvalue weighted by Gasteiger charge is 2.37. The van der Waals surface area contributed by atoms with Crippen LogP contribution in [0.4, 0.5) is 0 Å². The fourth-order valence-corrected chi connectivity index (χ4v) is 5.23. The van der Waals surface area contributed by atoms with E-state index in [4.69, 9.17) is 0 Å². The van der Waals surface area contributed by atoms with Crippen molar-refractivity contribution in [3.05, 3.63) is 0 Å². The Kier molecular flexibility index (Phi) is 6.96. The number of likely N-dealkylation sites (tertiary alicyclic amines) is 3. The summed E-state index contributed by atoms with van der Waals surface area (Å²) in [6.07, 6.45) is 7.41. The maximum Gasteiger partial charge on any atom is 0.225 e. The fraction of sp³-hybridized carbons (Fsp3) is 0.870. The maximum absolute atomic E-state index is 12.7. The molecule has 3 amide bonds. The molecule has 168 valence electrons. The van der Waals surface area contributed by atoms with Crippen LogP contribution in [0.25, 0.3) is 0 Å². The summed E-state index contributed by atoms with van der Waals surface area (Å²) in [6, 6.07) is 0.350. The SMILES string of the molecule is CCN1CCC(CC(=O)N2CCC(CN3CC(C(=O)NC4CC4)CC3=O)CC2)CC1. The van der Waals surface area contributed by atoms with Crippen molar-refractivity contribution < 1.29 is 14.4 Å². The fourth-order valence-electron chi connectivity index (χ4n) is 5.23. The number of rotatable bonds is 7. The number of piperidine rings is 2. The summed E-state index contributed by atoms with van der Waals surface area (Å²) < 4.78 is 0. The lowest BCUT2D eigenvalue weighted by Crippen LogP contribution is -2.43. The third-order valence-corrected chi connectivity index (χ3v) is 7.57. The molecule has 1 N–H and O–H groups in total. The van der Waals surface area contributed by atoms with Gasteiger partial charge in [0.1, 0.15) is 0 Å². The van der Waals surface area contributed by atoms with Crippen molar-refractivity contribution in [1.82, 2.24) is 20.0 Å². The third kappa shape index (κ3) is 5.54. The van der Waals surface area contributed by atoms with Crippen LogP contribution >= 0.6 is 0 Å². The zero-order valence-electron chi connectivity index (χ0n) is 18.5. The molecule has 3 aliphatic heterocycles. The molecule has 0 bridgehead atoms. The standard InChI is InChI=1S/C23H38N4O3/c1-2-25-9-5-17(6-10-25)13-21(28)26-11-7-18(8-12-26)15-27-16-19(14-22(27)29)23(30)24-20-3-4-20/h17-20H,2-16H2,1H3,(H,24,30). The van der Waals surface area contributed by atoms with E-state index in [0.717, 1.165) is 77.8 Å². The van der Waals surface area contributed by atoms with Crippen LogP contribution in [0.5, 0.6) is 0 Å². The Balaban J connectivity index is 1.16. The lowest BCUT2D eigenvalue weighted by atomic mass is 9.91. The molecule has 1 saturated carbocycles. The minimum atomic E-state index is -0.182. The molecular formula is C23H38N4O3. The molecule has 3 heterocycles. The molecule has 4 aliphatic rings. The van der Waals surface area contributed by atoms with Crippen molar-refractivity contribution >= 4 is 17.7 Å². The first-order valence-corrected chi connectivity index (χ1v) is 12.1. The van der Waals surface area contributed by atoms with Crippen molar-refractivity contribution in [3.8, 4) is 0 Å². The Hall–Kier alpha value is -1.63. The van der Waals surface area contributed by atoms with Crippen LogP contribution in [0, 0.1) is 17.8 Å². The first-order valence-electron chi connectivity index (χ1n) is 12.1. The van der Waals surface area contributed by atoms with E-state index in [1.54, 1.807) is 0 Å². The minimum absolute atomic E-state index is 0.0542. The summed E-state index contributed by atoms with van der Waals surface area (Å²) in [7, 11) is 0. The van der Waals surface area contributed by atoms with Gasteiger partial charge in [-0.25, -0.2) is 0 Å². The first-order chi connectivity index (χ1) is 14.5. The number of carbonyl (C=O) groups excluding carboxylic acids is 3. The van der Waals surface area contributed by atoms with E-state index in [9.17, 15) is 14.4 Å². The molecule has 3 saturated heterocycles. The summed E-state index contributed by atoms with van der Waals surface area (Å²) in [6.45, 7) is 8.49. The average Bonchev–Trinajstić information content (AvgIpc) is 3.50. The Morgan fingerprint density at radius 1 is 0.967 bits per heavy atom. The lowest BCUT2D eigenvalue weighted by molar-refractivity contribution is -0.135. The first kappa shape index (κ1) is 21.6. The van der Waals surface area contributed by atoms with Gasteiger partial charge in [0.15, 0.2) is 0 Å². The monoisotopic (exact) mass is 418 g/mol. The minimum Gasteiger partial charge on any atom is -0.353 e. The molecule has 7 nitrogen and oxygen atoms in total. The molecule has 1 aliphatic carbocycles. The van der Waals surface area contributed by atoms with Crippen molar-refractivity contribution in [2.45, 2.75) is 64.3 Å². The number of nitrogens with zero attached hydrogens (tertiary/aromatic N) is 3. The van der Waals surface area contributed by atoms with Gasteiger partial charge < -0.3 is 20.0 Å². The molecule has 1 atom stereocenters. The topological polar surface area (TPSA) is 73.0 Å². The van der Waals surface area contributed by atoms with Crippen LogP contribution in [0.15, 0.2) is 0 Å². The quantitative estimate of drug-likeness (QED) is 0.680. The highest BCUT2D eigenvalue weighted by molar-refractivity contribution is 5.89. The van der Waals surface area contributed by atoms with Gasteiger partial charge in [-0.1, -0.05) is 6.92 Å². The zero-order valence-corrected chi connectivity index (χ0v) is 18.5. The molecule has 0 spiro atoms. The van der Waals surface area contributed by atoms with Gasteiger partial charge in [-0.3, -0.25) is 14.4 Å². The molecule has 0 aromatic carbocycles. The van der Waals surface area contributed by atoms with E-state index in [1.807, 2.05) is 9.80 Å². The van der Waals surface area contributed by atoms with Crippen molar-refractivity contribution in [1.29, 1.82) is 0 Å². The van der Waals surface area contributed by atoms with Gasteiger partial charge >= 0.3 is 0 Å². The van der Waals surface area contributed by atoms with E-state index in [1.165, 1.54) is 0 Å². The number of hydrogen-bond donors (Lipinski definition) is 1. The normalized spacial score (nSPS) is 27.0. The molecule has 30 heavy (non-hydrogen) atoms. The predicted molar refractivity (Wildman–Crippen MR) is 115 cm³/mol. The van der Waals surface area contributed by atoms with Crippen molar-refractivity contribution in [2.24, 2.45) is 17.8 Å². The summed E-state index contributed by atoms with van der Waals surface area (Å²) >= 11 is 0. The van der Waals surface area contributed by atoms with Gasteiger partial charge in [-0.05, 0) is 70.0 Å². The Morgan fingerprint density at radius 2 is 1.63 bits per heavy atom. The summed E-state index contributed by atoms with van der Waals surface area (Å²) in [5.74, 6) is 1.28. The van der Waals surface area contributed by atoms with Crippen LogP contribution in [-0.4, -0.2) is 84.3 Å². The Morgan fingerprint density at radius 3 is 2.27 bits per heavy atom. The molecule has 4 fully saturated rings. The zero-order chi connectivity index (χ0) is 21.1. The van der Waals surface area contributed by atoms with E-state index in [-0.39, 0.29) is 17.7 Å². The molecule has 7 heteroatoms. The number of carbonyl (C=O) groups is 3. The van der Waals surface area contributed by atoms with Gasteiger partial charge in [0.05, 0.1) is 5.92 Å². The third-order valence-electron chi connectivity index (χ3n) is 7.57. The van der Waals surface area contributed by atoms with E-state index in [2.05, 4.69) is 17.1 Å². The highest BCUT2D eigenvalue weighted by Crippen LogP contribution is 2.27. The average molecular weight is 419 g/mol. The lowest BCUT2D eigenvalue weighted by Gasteiger charge is -2.36. The van der Waals surface area contributed by atoms with Gasteiger partial charge in [0.25, 0.3) is 0 Å². The Labute approximate surface area is 180 Å². The molecule has 0 radical (unpaired) electrons. The van der Waals surface area contributed by atoms with Gasteiger partial charge in [0.2, 0.25) is 17.7 Å². The van der Waals surface area contributed by atoms with Gasteiger partial charge in [0, 0.05) is 45.1 Å². The largest absolute Gasteiger partial charge is 0.353 e. The number of nitrogens with one attached hydrogen (secondary N) is 1. The summed E-state index contributed by atoms with van der Waals surface area (Å²) in [5, 5.41) is 3.03. The Bertz CT molecular complexity index is 634. The van der Waals surface area contributed by atoms with Crippen LogP contribution in [0.1, 0.15) is 58.3 Å². The van der Waals surface area contributed by atoms with Crippen molar-refractivity contribution in [3.63, 3.8) is 0 Å². The summed E-state index contributed by atoms with van der Waals surface area (Å²) in [4.78, 5) is 43.8. The van der Waals surface area contributed by atoms with Gasteiger partial charge in [-0.2, -0.15) is 0 Å². The smallest absolute Gasteiger partial charge is 0.225 e. The molecule has 1 unspecified atom stereocenters. The van der Waals surface area contributed by atoms with Crippen LogP contribution in [0.3, 0.4) is 0 Å². The second-order valence-electron chi connectivity index (χ2n) is 9.89. The van der Waals surface area contributed by atoms with Crippen LogP contribution < -0.4 is 5.32 Å². The van der Waals surface area contributed by atoms with Gasteiger partial charge in [-0.15, -0.1) is 0 Å². The van der Waals surface area contributed by atoms with E-state index in [0.29, 0.717) is 43.2 Å². The van der Waals surface area contributed by atoms with Crippen LogP contribution in [-0.2, 0) is 14.4 Å². The molecular weight excluding hydrogens is 380 g/mol. The summed E-state index contributed by atoms with van der Waals surface area (Å²) in [5.41, 5.74) is 0. The molecule has 0 aromatic rings. The number of hydrogen-bond acceptors (Lipinski definition) is 4. The predicted octanol–water partition coefficient (Wildman–Crippen LogP) is 1.47. The second-order valence-corrected chi connectivity index (χ2v) is 9.89. The van der Waals surface area contributed by atoms with Crippen molar-refractivity contribution in [2.75, 3.05) is 45.8 Å². The van der Waals surface area contributed by atoms with E-state index < -0.39 is 0 Å². The number of amides is 3. The van der Waals surface area contributed by atoms with E-state index >= 15 is 0 Å². The second kappa shape index (κ2) is 9.67. The molecule has 4 rings (SSSR count). The van der Waals surface area contributed by atoms with Crippen LogP contribution in [0.2, 0.25) is 0 Å².